The molecule has 0 aromatic heterocycles. The van der Waals surface area contributed by atoms with Crippen LogP contribution >= 0.6 is 0 Å². The minimum absolute atomic E-state index is 0.166. The van der Waals surface area contributed by atoms with Gasteiger partial charge < -0.3 is 20.3 Å². The van der Waals surface area contributed by atoms with E-state index in [0.29, 0.717) is 5.75 Å². The minimum atomic E-state index is -4.69. The first-order valence-electron chi connectivity index (χ1n) is 5.81. The van der Waals surface area contributed by atoms with Gasteiger partial charge in [0.1, 0.15) is 24.3 Å². The molecule has 0 saturated heterocycles. The van der Waals surface area contributed by atoms with E-state index in [4.69, 9.17) is 9.84 Å². The van der Waals surface area contributed by atoms with Crippen LogP contribution in [0.25, 0.3) is 0 Å². The Morgan fingerprint density at radius 3 is 2.25 bits per heavy atom. The molecule has 0 fully saturated rings. The highest BCUT2D eigenvalue weighted by atomic mass is 19.4. The van der Waals surface area contributed by atoms with E-state index in [1.165, 1.54) is 24.3 Å². The second-order valence-corrected chi connectivity index (χ2v) is 4.13. The Labute approximate surface area is 113 Å². The molecule has 3 N–H and O–H groups in total. The van der Waals surface area contributed by atoms with Crippen LogP contribution in [0.3, 0.4) is 0 Å². The zero-order chi connectivity index (χ0) is 15.2. The highest BCUT2D eigenvalue weighted by Gasteiger charge is 2.37. The predicted octanol–water partition coefficient (Wildman–Crippen LogP) is 1.08. The second-order valence-electron chi connectivity index (χ2n) is 4.13. The van der Waals surface area contributed by atoms with Crippen molar-refractivity contribution >= 4 is 0 Å². The summed E-state index contributed by atoms with van der Waals surface area (Å²) in [5.74, 6) is -0.0959. The smallest absolute Gasteiger partial charge is 0.415 e. The van der Waals surface area contributed by atoms with E-state index in [2.05, 4.69) is 5.32 Å². The summed E-state index contributed by atoms with van der Waals surface area (Å²) in [5.41, 5.74) is 0. The Kier molecular flexibility index (Phi) is 6.18. The van der Waals surface area contributed by atoms with E-state index in [1.807, 2.05) is 0 Å². The fourth-order valence-electron chi connectivity index (χ4n) is 1.28. The minimum Gasteiger partial charge on any atom is -0.491 e. The molecule has 0 spiro atoms. The molecule has 1 aromatic carbocycles. The van der Waals surface area contributed by atoms with Crippen LogP contribution < -0.4 is 10.1 Å². The van der Waals surface area contributed by atoms with Gasteiger partial charge in [-0.05, 0) is 24.3 Å². The molecule has 0 amide bonds. The SMILES string of the molecule is OC(CNCC(O)C(F)(F)F)COc1ccc(F)cc1. The van der Waals surface area contributed by atoms with E-state index in [1.54, 1.807) is 0 Å². The van der Waals surface area contributed by atoms with Crippen molar-refractivity contribution in [3.8, 4) is 5.75 Å². The molecule has 0 bridgehead atoms. The molecule has 2 unspecified atom stereocenters. The van der Waals surface area contributed by atoms with Crippen LogP contribution in [0.1, 0.15) is 0 Å². The number of ether oxygens (including phenoxy) is 1. The predicted molar refractivity (Wildman–Crippen MR) is 62.8 cm³/mol. The molecule has 1 rings (SSSR count). The fraction of sp³-hybridized carbons (Fsp3) is 0.500. The van der Waals surface area contributed by atoms with Crippen LogP contribution in [-0.2, 0) is 0 Å². The maximum Gasteiger partial charge on any atom is 0.415 e. The van der Waals surface area contributed by atoms with Gasteiger partial charge in [-0.3, -0.25) is 0 Å². The lowest BCUT2D eigenvalue weighted by molar-refractivity contribution is -0.202. The lowest BCUT2D eigenvalue weighted by Crippen LogP contribution is -2.41. The van der Waals surface area contributed by atoms with Crippen molar-refractivity contribution < 1.29 is 32.5 Å². The molecule has 4 nitrogen and oxygen atoms in total. The van der Waals surface area contributed by atoms with Crippen molar-refractivity contribution in [1.29, 1.82) is 0 Å². The van der Waals surface area contributed by atoms with Gasteiger partial charge in [0.2, 0.25) is 0 Å². The van der Waals surface area contributed by atoms with Gasteiger partial charge >= 0.3 is 6.18 Å². The third-order valence-electron chi connectivity index (χ3n) is 2.35. The van der Waals surface area contributed by atoms with Crippen molar-refractivity contribution in [1.82, 2.24) is 5.32 Å². The number of aliphatic hydroxyl groups excluding tert-OH is 2. The Morgan fingerprint density at radius 1 is 1.10 bits per heavy atom. The number of nitrogens with one attached hydrogen (secondary N) is 1. The number of alkyl halides is 3. The summed E-state index contributed by atoms with van der Waals surface area (Å²) in [5, 5.41) is 20.4. The number of benzene rings is 1. The van der Waals surface area contributed by atoms with Crippen molar-refractivity contribution in [2.24, 2.45) is 0 Å². The number of hydrogen-bond acceptors (Lipinski definition) is 4. The molecule has 1 aromatic rings. The average Bonchev–Trinajstić information content (AvgIpc) is 2.37. The molecule has 0 heterocycles. The van der Waals surface area contributed by atoms with Crippen LogP contribution in [0.2, 0.25) is 0 Å². The summed E-state index contributed by atoms with van der Waals surface area (Å²) in [7, 11) is 0. The Hall–Kier alpha value is -1.38. The Bertz CT molecular complexity index is 397. The summed E-state index contributed by atoms with van der Waals surface area (Å²) in [6.45, 7) is -1.05. The molecule has 0 radical (unpaired) electrons. The van der Waals surface area contributed by atoms with Crippen LogP contribution in [0.4, 0.5) is 17.6 Å². The summed E-state index contributed by atoms with van der Waals surface area (Å²) in [4.78, 5) is 0. The molecule has 20 heavy (non-hydrogen) atoms. The maximum absolute atomic E-state index is 12.6. The van der Waals surface area contributed by atoms with Crippen LogP contribution in [0.15, 0.2) is 24.3 Å². The average molecular weight is 297 g/mol. The Balaban J connectivity index is 2.20. The van der Waals surface area contributed by atoms with E-state index >= 15 is 0 Å². The summed E-state index contributed by atoms with van der Waals surface area (Å²) >= 11 is 0. The van der Waals surface area contributed by atoms with E-state index in [0.717, 1.165) is 0 Å². The van der Waals surface area contributed by atoms with Crippen molar-refractivity contribution in [3.05, 3.63) is 30.1 Å². The van der Waals surface area contributed by atoms with Crippen LogP contribution in [-0.4, -0.2) is 48.3 Å². The van der Waals surface area contributed by atoms with Gasteiger partial charge in [-0.1, -0.05) is 0 Å². The van der Waals surface area contributed by atoms with Gasteiger partial charge in [0.15, 0.2) is 6.10 Å². The number of hydrogen-bond donors (Lipinski definition) is 3. The highest BCUT2D eigenvalue weighted by molar-refractivity contribution is 5.22. The van der Waals surface area contributed by atoms with Gasteiger partial charge in [0.25, 0.3) is 0 Å². The normalized spacial score (nSPS) is 14.9. The fourth-order valence-corrected chi connectivity index (χ4v) is 1.28. The molecule has 8 heteroatoms. The summed E-state index contributed by atoms with van der Waals surface area (Å²) in [6.07, 6.45) is -8.23. The van der Waals surface area contributed by atoms with Crippen LogP contribution in [0.5, 0.6) is 5.75 Å². The molecule has 0 aliphatic carbocycles. The molecule has 0 aliphatic rings. The summed E-state index contributed by atoms with van der Waals surface area (Å²) < 4.78 is 53.6. The third kappa shape index (κ3) is 6.18. The monoisotopic (exact) mass is 297 g/mol. The zero-order valence-corrected chi connectivity index (χ0v) is 10.4. The largest absolute Gasteiger partial charge is 0.491 e. The molecule has 0 aliphatic heterocycles. The van der Waals surface area contributed by atoms with Crippen molar-refractivity contribution in [3.63, 3.8) is 0 Å². The first-order chi connectivity index (χ1) is 9.29. The lowest BCUT2D eigenvalue weighted by Gasteiger charge is -2.17. The first-order valence-corrected chi connectivity index (χ1v) is 5.81. The molecule has 114 valence electrons. The van der Waals surface area contributed by atoms with Gasteiger partial charge in [0.05, 0.1) is 0 Å². The van der Waals surface area contributed by atoms with Gasteiger partial charge in [-0.2, -0.15) is 13.2 Å². The van der Waals surface area contributed by atoms with Gasteiger partial charge in [0, 0.05) is 13.1 Å². The van der Waals surface area contributed by atoms with E-state index in [9.17, 15) is 22.7 Å². The topological polar surface area (TPSA) is 61.7 Å². The molecule has 0 saturated carbocycles. The van der Waals surface area contributed by atoms with E-state index < -0.39 is 30.7 Å². The maximum atomic E-state index is 12.6. The number of rotatable bonds is 7. The number of halogens is 4. The highest BCUT2D eigenvalue weighted by Crippen LogP contribution is 2.19. The van der Waals surface area contributed by atoms with Gasteiger partial charge in [-0.15, -0.1) is 0 Å². The number of aliphatic hydroxyl groups is 2. The van der Waals surface area contributed by atoms with E-state index in [-0.39, 0.29) is 13.2 Å². The van der Waals surface area contributed by atoms with Crippen molar-refractivity contribution in [2.75, 3.05) is 19.7 Å². The first kappa shape index (κ1) is 16.7. The van der Waals surface area contributed by atoms with Crippen LogP contribution in [0, 0.1) is 5.82 Å². The van der Waals surface area contributed by atoms with Crippen molar-refractivity contribution in [2.45, 2.75) is 18.4 Å². The molecular formula is C12H15F4NO3. The lowest BCUT2D eigenvalue weighted by atomic mass is 10.3. The Morgan fingerprint density at radius 2 is 1.70 bits per heavy atom. The third-order valence-corrected chi connectivity index (χ3v) is 2.35. The standard InChI is InChI=1S/C12H15F4NO3/c13-8-1-3-10(4-2-8)20-7-9(18)5-17-6-11(19)12(14,15)16/h1-4,9,11,17-19H,5-7H2. The molecular weight excluding hydrogens is 282 g/mol. The quantitative estimate of drug-likeness (QED) is 0.659. The second kappa shape index (κ2) is 7.41. The summed E-state index contributed by atoms with van der Waals surface area (Å²) in [6, 6.07) is 5.09. The zero-order valence-electron chi connectivity index (χ0n) is 10.4. The molecule has 2 atom stereocenters. The van der Waals surface area contributed by atoms with Gasteiger partial charge in [-0.25, -0.2) is 4.39 Å².